The van der Waals surface area contributed by atoms with E-state index in [2.05, 4.69) is 51.8 Å². The summed E-state index contributed by atoms with van der Waals surface area (Å²) in [5.74, 6) is 0.831. The summed E-state index contributed by atoms with van der Waals surface area (Å²) >= 11 is 0. The highest BCUT2D eigenvalue weighted by molar-refractivity contribution is 5.79. The van der Waals surface area contributed by atoms with Gasteiger partial charge >= 0.3 is 0 Å². The van der Waals surface area contributed by atoms with Crippen LogP contribution >= 0.6 is 0 Å². The average Bonchev–Trinajstić information content (AvgIpc) is 2.76. The summed E-state index contributed by atoms with van der Waals surface area (Å²) in [5.41, 5.74) is 2.73. The van der Waals surface area contributed by atoms with Gasteiger partial charge in [-0.2, -0.15) is 0 Å². The summed E-state index contributed by atoms with van der Waals surface area (Å²) in [6.45, 7) is 4.63. The van der Waals surface area contributed by atoms with Gasteiger partial charge in [0.05, 0.1) is 13.2 Å². The fourth-order valence-corrected chi connectivity index (χ4v) is 3.83. The third-order valence-corrected chi connectivity index (χ3v) is 5.60. The lowest BCUT2D eigenvalue weighted by Crippen LogP contribution is -2.38. The van der Waals surface area contributed by atoms with Crippen LogP contribution in [0, 0.1) is 0 Å². The second-order valence-electron chi connectivity index (χ2n) is 7.79. The van der Waals surface area contributed by atoms with Crippen molar-refractivity contribution in [1.29, 1.82) is 0 Å². The van der Waals surface area contributed by atoms with Crippen LogP contribution < -0.4 is 10.6 Å². The lowest BCUT2D eigenvalue weighted by Gasteiger charge is -2.31. The molecule has 2 rings (SSSR count). The molecule has 0 aliphatic heterocycles. The molecule has 0 amide bonds. The Balaban J connectivity index is 1.75. The van der Waals surface area contributed by atoms with E-state index >= 15 is 0 Å². The topological polar surface area (TPSA) is 58.1 Å². The molecule has 0 bridgehead atoms. The smallest absolute Gasteiger partial charge is 0.191 e. The first kappa shape index (κ1) is 23.6. The predicted molar refractivity (Wildman–Crippen MR) is 120 cm³/mol. The number of hydrogen-bond donors (Lipinski definition) is 2. The molecule has 0 atom stereocenters. The van der Waals surface area contributed by atoms with Gasteiger partial charge in [0.1, 0.15) is 0 Å². The van der Waals surface area contributed by atoms with E-state index in [9.17, 15) is 0 Å². The number of benzene rings is 1. The second kappa shape index (κ2) is 14.4. The Kier molecular flexibility index (Phi) is 11.7. The fourth-order valence-electron chi connectivity index (χ4n) is 3.83. The van der Waals surface area contributed by atoms with Crippen LogP contribution in [0.4, 0.5) is 0 Å². The Bertz CT molecular complexity index is 588. The van der Waals surface area contributed by atoms with Gasteiger partial charge in [-0.1, -0.05) is 43.5 Å². The summed E-state index contributed by atoms with van der Waals surface area (Å²) in [5, 5.41) is 6.81. The molecule has 0 unspecified atom stereocenters. The molecule has 0 radical (unpaired) electrons. The molecule has 164 valence electrons. The van der Waals surface area contributed by atoms with Crippen LogP contribution in [0.3, 0.4) is 0 Å². The summed E-state index contributed by atoms with van der Waals surface area (Å²) in [6.07, 6.45) is 7.75. The van der Waals surface area contributed by atoms with Crippen molar-refractivity contribution < 1.29 is 9.47 Å². The summed E-state index contributed by atoms with van der Waals surface area (Å²) in [7, 11) is 5.77. The van der Waals surface area contributed by atoms with E-state index in [0.29, 0.717) is 13.2 Å². The van der Waals surface area contributed by atoms with E-state index < -0.39 is 0 Å². The number of hydrogen-bond acceptors (Lipinski definition) is 4. The molecule has 1 aromatic rings. The molecule has 6 nitrogen and oxygen atoms in total. The lowest BCUT2D eigenvalue weighted by atomic mass is 9.94. The van der Waals surface area contributed by atoms with Crippen molar-refractivity contribution in [2.75, 3.05) is 47.6 Å². The Hall–Kier alpha value is -1.63. The van der Waals surface area contributed by atoms with Gasteiger partial charge in [-0.05, 0) is 37.4 Å². The number of aliphatic imine (C=N–C) groups is 1. The molecule has 1 aliphatic carbocycles. The van der Waals surface area contributed by atoms with E-state index in [0.717, 1.165) is 44.7 Å². The summed E-state index contributed by atoms with van der Waals surface area (Å²) in [4.78, 5) is 6.87. The van der Waals surface area contributed by atoms with Crippen molar-refractivity contribution in [3.8, 4) is 0 Å². The Labute approximate surface area is 177 Å². The van der Waals surface area contributed by atoms with Crippen molar-refractivity contribution in [1.82, 2.24) is 15.5 Å². The first-order valence-corrected chi connectivity index (χ1v) is 11.0. The lowest BCUT2D eigenvalue weighted by molar-refractivity contribution is 0.0698. The number of rotatable bonds is 12. The highest BCUT2D eigenvalue weighted by Gasteiger charge is 2.18. The molecular formula is C23H40N4O2. The third kappa shape index (κ3) is 9.15. The fraction of sp³-hybridized carbons (Fsp3) is 0.696. The third-order valence-electron chi connectivity index (χ3n) is 5.60. The van der Waals surface area contributed by atoms with E-state index in [1.54, 1.807) is 7.11 Å². The van der Waals surface area contributed by atoms with Gasteiger partial charge in [0, 0.05) is 46.4 Å². The molecule has 6 heteroatoms. The van der Waals surface area contributed by atoms with Gasteiger partial charge in [-0.15, -0.1) is 0 Å². The number of nitrogens with zero attached hydrogens (tertiary/aromatic N) is 2. The minimum absolute atomic E-state index is 0.645. The molecule has 0 spiro atoms. The monoisotopic (exact) mass is 404 g/mol. The number of methoxy groups -OCH3 is 1. The highest BCUT2D eigenvalue weighted by Crippen LogP contribution is 2.23. The van der Waals surface area contributed by atoms with Crippen LogP contribution in [-0.4, -0.2) is 64.5 Å². The average molecular weight is 405 g/mol. The number of nitrogens with one attached hydrogen (secondary N) is 2. The van der Waals surface area contributed by atoms with Gasteiger partial charge < -0.3 is 20.1 Å². The molecule has 0 aromatic heterocycles. The molecule has 0 saturated heterocycles. The maximum Gasteiger partial charge on any atom is 0.191 e. The molecule has 1 aliphatic rings. The molecule has 1 saturated carbocycles. The van der Waals surface area contributed by atoms with Gasteiger partial charge in [0.15, 0.2) is 5.96 Å². The number of ether oxygens (including phenoxy) is 2. The van der Waals surface area contributed by atoms with Crippen LogP contribution in [0.1, 0.15) is 49.7 Å². The van der Waals surface area contributed by atoms with Crippen molar-refractivity contribution in [3.63, 3.8) is 0 Å². The maximum absolute atomic E-state index is 5.49. The summed E-state index contributed by atoms with van der Waals surface area (Å²) in [6, 6.07) is 9.46. The first-order chi connectivity index (χ1) is 14.2. The molecule has 1 aromatic carbocycles. The SMILES string of the molecule is CN=C(NCCCOCCOC)NCc1ccccc1CN(C)C1CCCCC1. The van der Waals surface area contributed by atoms with Crippen LogP contribution in [-0.2, 0) is 22.6 Å². The zero-order valence-electron chi connectivity index (χ0n) is 18.6. The Morgan fingerprint density at radius 1 is 1.07 bits per heavy atom. The molecule has 29 heavy (non-hydrogen) atoms. The molecule has 2 N–H and O–H groups in total. The van der Waals surface area contributed by atoms with Crippen molar-refractivity contribution in [2.45, 2.75) is 57.7 Å². The standard InChI is InChI=1S/C23H40N4O2/c1-24-23(25-14-9-15-29-17-16-28-3)26-18-20-10-7-8-11-21(20)19-27(2)22-12-5-4-6-13-22/h7-8,10-11,22H,4-6,9,12-19H2,1-3H3,(H2,24,25,26). The van der Waals surface area contributed by atoms with Crippen LogP contribution in [0.25, 0.3) is 0 Å². The molecular weight excluding hydrogens is 364 g/mol. The largest absolute Gasteiger partial charge is 0.382 e. The van der Waals surface area contributed by atoms with Crippen LogP contribution in [0.5, 0.6) is 0 Å². The normalized spacial score (nSPS) is 15.7. The first-order valence-electron chi connectivity index (χ1n) is 11.0. The van der Waals surface area contributed by atoms with Crippen LogP contribution in [0.15, 0.2) is 29.3 Å². The zero-order chi connectivity index (χ0) is 20.7. The van der Waals surface area contributed by atoms with Gasteiger partial charge in [0.25, 0.3) is 0 Å². The molecule has 1 fully saturated rings. The van der Waals surface area contributed by atoms with Gasteiger partial charge in [0.2, 0.25) is 0 Å². The van der Waals surface area contributed by atoms with E-state index in [4.69, 9.17) is 9.47 Å². The minimum Gasteiger partial charge on any atom is -0.382 e. The van der Waals surface area contributed by atoms with Gasteiger partial charge in [-0.3, -0.25) is 9.89 Å². The van der Waals surface area contributed by atoms with Crippen molar-refractivity contribution >= 4 is 5.96 Å². The van der Waals surface area contributed by atoms with E-state index in [1.807, 2.05) is 7.05 Å². The van der Waals surface area contributed by atoms with Crippen molar-refractivity contribution in [3.05, 3.63) is 35.4 Å². The maximum atomic E-state index is 5.49. The highest BCUT2D eigenvalue weighted by atomic mass is 16.5. The van der Waals surface area contributed by atoms with E-state index in [-0.39, 0.29) is 0 Å². The number of guanidine groups is 1. The quantitative estimate of drug-likeness (QED) is 0.318. The van der Waals surface area contributed by atoms with Crippen molar-refractivity contribution in [2.24, 2.45) is 4.99 Å². The molecule has 0 heterocycles. The van der Waals surface area contributed by atoms with Crippen LogP contribution in [0.2, 0.25) is 0 Å². The Morgan fingerprint density at radius 3 is 2.55 bits per heavy atom. The predicted octanol–water partition coefficient (Wildman–Crippen LogP) is 3.17. The van der Waals surface area contributed by atoms with E-state index in [1.165, 1.54) is 43.2 Å². The van der Waals surface area contributed by atoms with Gasteiger partial charge in [-0.25, -0.2) is 0 Å². The minimum atomic E-state index is 0.645. The second-order valence-corrected chi connectivity index (χ2v) is 7.79. The zero-order valence-corrected chi connectivity index (χ0v) is 18.6. The summed E-state index contributed by atoms with van der Waals surface area (Å²) < 4.78 is 10.5. The Morgan fingerprint density at radius 2 is 1.83 bits per heavy atom.